The Labute approximate surface area is 119 Å². The number of urea groups is 1. The molecule has 0 spiro atoms. The van der Waals surface area contributed by atoms with Gasteiger partial charge in [-0.1, -0.05) is 0 Å². The maximum Gasteiger partial charge on any atom is 0.315 e. The van der Waals surface area contributed by atoms with E-state index in [1.165, 1.54) is 0 Å². The molecule has 2 amide bonds. The van der Waals surface area contributed by atoms with Crippen molar-refractivity contribution >= 4 is 12.0 Å². The van der Waals surface area contributed by atoms with Gasteiger partial charge in [-0.3, -0.25) is 4.79 Å². The van der Waals surface area contributed by atoms with Crippen LogP contribution in [0.4, 0.5) is 4.79 Å². The van der Waals surface area contributed by atoms with E-state index in [9.17, 15) is 14.7 Å². The fraction of sp³-hybridized carbons (Fsp3) is 0.846. The molecule has 1 rings (SSSR count). The van der Waals surface area contributed by atoms with Gasteiger partial charge in [0.25, 0.3) is 0 Å². The largest absolute Gasteiger partial charge is 0.481 e. The molecular weight excluding hydrogens is 262 g/mol. The Morgan fingerprint density at radius 2 is 2.10 bits per heavy atom. The Bertz CT molecular complexity index is 349. The number of nitrogens with one attached hydrogen (secondary N) is 2. The maximum atomic E-state index is 11.7. The van der Waals surface area contributed by atoms with Crippen LogP contribution in [0.1, 0.15) is 19.8 Å². The van der Waals surface area contributed by atoms with Crippen molar-refractivity contribution in [2.45, 2.75) is 25.8 Å². The molecule has 2 unspecified atom stereocenters. The van der Waals surface area contributed by atoms with Gasteiger partial charge < -0.3 is 25.4 Å². The Balaban J connectivity index is 2.27. The summed E-state index contributed by atoms with van der Waals surface area (Å²) in [6.07, 6.45) is 1.90. The van der Waals surface area contributed by atoms with E-state index in [2.05, 4.69) is 15.5 Å². The number of carboxylic acids is 1. The zero-order valence-electron chi connectivity index (χ0n) is 12.4. The van der Waals surface area contributed by atoms with E-state index in [-0.39, 0.29) is 19.2 Å². The van der Waals surface area contributed by atoms with Gasteiger partial charge in [0, 0.05) is 6.54 Å². The summed E-state index contributed by atoms with van der Waals surface area (Å²) in [5.74, 6) is -0.953. The van der Waals surface area contributed by atoms with Crippen LogP contribution in [0, 0.1) is 5.41 Å². The van der Waals surface area contributed by atoms with Crippen molar-refractivity contribution in [1.29, 1.82) is 0 Å². The van der Waals surface area contributed by atoms with Crippen LogP contribution in [-0.4, -0.2) is 68.4 Å². The molecule has 1 fully saturated rings. The van der Waals surface area contributed by atoms with Crippen LogP contribution in [0.2, 0.25) is 0 Å². The number of amides is 2. The molecule has 1 saturated heterocycles. The van der Waals surface area contributed by atoms with Crippen LogP contribution in [-0.2, 0) is 9.53 Å². The molecule has 0 aromatic heterocycles. The van der Waals surface area contributed by atoms with Crippen molar-refractivity contribution in [3.63, 3.8) is 0 Å². The predicted molar refractivity (Wildman–Crippen MR) is 74.7 cm³/mol. The Kier molecular flexibility index (Phi) is 6.22. The van der Waals surface area contributed by atoms with Crippen LogP contribution >= 0.6 is 0 Å². The monoisotopic (exact) mass is 287 g/mol. The summed E-state index contributed by atoms with van der Waals surface area (Å²) >= 11 is 0. The van der Waals surface area contributed by atoms with Gasteiger partial charge in [0.2, 0.25) is 0 Å². The Morgan fingerprint density at radius 3 is 2.70 bits per heavy atom. The lowest BCUT2D eigenvalue weighted by atomic mass is 9.85. The highest BCUT2D eigenvalue weighted by Crippen LogP contribution is 2.28. The second-order valence-electron chi connectivity index (χ2n) is 5.70. The molecule has 3 N–H and O–H groups in total. The third-order valence-corrected chi connectivity index (χ3v) is 3.57. The van der Waals surface area contributed by atoms with Gasteiger partial charge in [0.15, 0.2) is 0 Å². The first kappa shape index (κ1) is 16.7. The van der Waals surface area contributed by atoms with E-state index in [0.717, 1.165) is 19.4 Å². The SMILES string of the molecule is CN(C)CCCCNC(=O)NC1COCC1(C)C(=O)O. The lowest BCUT2D eigenvalue weighted by molar-refractivity contribution is -0.148. The van der Waals surface area contributed by atoms with E-state index in [1.807, 2.05) is 14.1 Å². The molecule has 1 aliphatic rings. The highest BCUT2D eigenvalue weighted by atomic mass is 16.5. The van der Waals surface area contributed by atoms with Gasteiger partial charge >= 0.3 is 12.0 Å². The Morgan fingerprint density at radius 1 is 1.40 bits per heavy atom. The molecule has 116 valence electrons. The molecular formula is C13H25N3O4. The van der Waals surface area contributed by atoms with E-state index in [1.54, 1.807) is 6.92 Å². The van der Waals surface area contributed by atoms with E-state index in [0.29, 0.717) is 6.54 Å². The van der Waals surface area contributed by atoms with Crippen molar-refractivity contribution in [2.75, 3.05) is 40.4 Å². The number of unbranched alkanes of at least 4 members (excludes halogenated alkanes) is 1. The van der Waals surface area contributed by atoms with Crippen molar-refractivity contribution in [3.8, 4) is 0 Å². The number of carbonyl (C=O) groups excluding carboxylic acids is 1. The van der Waals surface area contributed by atoms with Gasteiger partial charge in [-0.25, -0.2) is 4.79 Å². The second-order valence-corrected chi connectivity index (χ2v) is 5.70. The zero-order valence-corrected chi connectivity index (χ0v) is 12.4. The number of hydrogen-bond acceptors (Lipinski definition) is 4. The van der Waals surface area contributed by atoms with Gasteiger partial charge in [-0.05, 0) is 40.4 Å². The fourth-order valence-electron chi connectivity index (χ4n) is 2.05. The summed E-state index contributed by atoms with van der Waals surface area (Å²) < 4.78 is 5.18. The average molecular weight is 287 g/mol. The van der Waals surface area contributed by atoms with Crippen molar-refractivity contribution in [3.05, 3.63) is 0 Å². The van der Waals surface area contributed by atoms with Gasteiger partial charge in [-0.15, -0.1) is 0 Å². The molecule has 1 heterocycles. The summed E-state index contributed by atoms with van der Waals surface area (Å²) in [5, 5.41) is 14.6. The first-order valence-electron chi connectivity index (χ1n) is 6.86. The van der Waals surface area contributed by atoms with Crippen molar-refractivity contribution < 1.29 is 19.4 Å². The summed E-state index contributed by atoms with van der Waals surface area (Å²) in [7, 11) is 4.01. The van der Waals surface area contributed by atoms with E-state index in [4.69, 9.17) is 4.74 Å². The van der Waals surface area contributed by atoms with Crippen LogP contribution in [0.3, 0.4) is 0 Å². The van der Waals surface area contributed by atoms with Gasteiger partial charge in [-0.2, -0.15) is 0 Å². The second kappa shape index (κ2) is 7.44. The molecule has 0 aliphatic carbocycles. The lowest BCUT2D eigenvalue weighted by Crippen LogP contribution is -2.52. The number of rotatable bonds is 7. The predicted octanol–water partition coefficient (Wildman–Crippen LogP) is 0.117. The summed E-state index contributed by atoms with van der Waals surface area (Å²) in [6, 6.07) is -0.834. The molecule has 1 aliphatic heterocycles. The quantitative estimate of drug-likeness (QED) is 0.578. The molecule has 7 nitrogen and oxygen atoms in total. The smallest absolute Gasteiger partial charge is 0.315 e. The van der Waals surface area contributed by atoms with Crippen LogP contribution in [0.25, 0.3) is 0 Å². The molecule has 0 saturated carbocycles. The molecule has 7 heteroatoms. The number of hydrogen-bond donors (Lipinski definition) is 3. The normalized spacial score (nSPS) is 25.7. The van der Waals surface area contributed by atoms with E-state index < -0.39 is 17.4 Å². The maximum absolute atomic E-state index is 11.7. The fourth-order valence-corrected chi connectivity index (χ4v) is 2.05. The average Bonchev–Trinajstić information content (AvgIpc) is 2.71. The molecule has 2 atom stereocenters. The zero-order chi connectivity index (χ0) is 15.2. The first-order chi connectivity index (χ1) is 9.36. The van der Waals surface area contributed by atoms with Crippen LogP contribution in [0.15, 0.2) is 0 Å². The summed E-state index contributed by atoms with van der Waals surface area (Å²) in [4.78, 5) is 25.0. The van der Waals surface area contributed by atoms with Crippen LogP contribution in [0.5, 0.6) is 0 Å². The number of carboxylic acid groups (broad SMARTS) is 1. The Hall–Kier alpha value is -1.34. The van der Waals surface area contributed by atoms with E-state index >= 15 is 0 Å². The molecule has 0 aromatic rings. The number of aliphatic carboxylic acids is 1. The van der Waals surface area contributed by atoms with Gasteiger partial charge in [0.05, 0.1) is 19.3 Å². The number of nitrogens with zero attached hydrogens (tertiary/aromatic N) is 1. The number of ether oxygens (including phenoxy) is 1. The minimum absolute atomic E-state index is 0.121. The van der Waals surface area contributed by atoms with Gasteiger partial charge in [0.1, 0.15) is 5.41 Å². The first-order valence-corrected chi connectivity index (χ1v) is 6.86. The highest BCUT2D eigenvalue weighted by Gasteiger charge is 2.47. The summed E-state index contributed by atoms with van der Waals surface area (Å²) in [6.45, 7) is 3.51. The highest BCUT2D eigenvalue weighted by molar-refractivity contribution is 5.79. The summed E-state index contributed by atoms with van der Waals surface area (Å²) in [5.41, 5.74) is -1.05. The lowest BCUT2D eigenvalue weighted by Gasteiger charge is -2.25. The molecule has 0 bridgehead atoms. The molecule has 0 aromatic carbocycles. The van der Waals surface area contributed by atoms with Crippen LogP contribution < -0.4 is 10.6 Å². The third-order valence-electron chi connectivity index (χ3n) is 3.57. The molecule has 0 radical (unpaired) electrons. The molecule has 20 heavy (non-hydrogen) atoms. The van der Waals surface area contributed by atoms with Crippen molar-refractivity contribution in [2.24, 2.45) is 5.41 Å². The third kappa shape index (κ3) is 4.64. The topological polar surface area (TPSA) is 90.9 Å². The standard InChI is InChI=1S/C13H25N3O4/c1-13(11(17)18)9-20-8-10(13)15-12(19)14-6-4-5-7-16(2)3/h10H,4-9H2,1-3H3,(H,17,18)(H2,14,15,19). The number of carbonyl (C=O) groups is 2. The minimum Gasteiger partial charge on any atom is -0.481 e. The van der Waals surface area contributed by atoms with Crippen molar-refractivity contribution in [1.82, 2.24) is 15.5 Å². The minimum atomic E-state index is -1.05.